The minimum atomic E-state index is -1.19. The van der Waals surface area contributed by atoms with Crippen LogP contribution in [-0.4, -0.2) is 24.1 Å². The van der Waals surface area contributed by atoms with Crippen LogP contribution in [0.3, 0.4) is 0 Å². The second kappa shape index (κ2) is 8.91. The largest absolute Gasteiger partial charge is 0.545 e. The molecule has 29 heavy (non-hydrogen) atoms. The number of benzene rings is 1. The molecule has 1 fully saturated rings. The third-order valence-corrected chi connectivity index (χ3v) is 7.00. The summed E-state index contributed by atoms with van der Waals surface area (Å²) in [6, 6.07) is 6.68. The molecular weight excluding hydrogens is 384 g/mol. The highest BCUT2D eigenvalue weighted by Crippen LogP contribution is 2.40. The predicted octanol–water partition coefficient (Wildman–Crippen LogP) is 3.80. The van der Waals surface area contributed by atoms with Crippen LogP contribution in [0.5, 0.6) is 0 Å². The first-order valence-electron chi connectivity index (χ1n) is 10.4. The van der Waals surface area contributed by atoms with E-state index < -0.39 is 5.97 Å². The summed E-state index contributed by atoms with van der Waals surface area (Å²) >= 11 is 1.62. The number of aryl methyl sites for hydroxylation is 1. The minimum Gasteiger partial charge on any atom is -0.545 e. The van der Waals surface area contributed by atoms with Crippen molar-refractivity contribution in [2.75, 3.05) is 0 Å². The molecule has 0 bridgehead atoms. The molecule has 152 valence electrons. The number of aliphatic imine (C=N–C) groups is 1. The average Bonchev–Trinajstić information content (AvgIpc) is 3.12. The zero-order chi connectivity index (χ0) is 20.2. The molecule has 0 spiro atoms. The second-order valence-corrected chi connectivity index (χ2v) is 8.95. The summed E-state index contributed by atoms with van der Waals surface area (Å²) in [4.78, 5) is 30.0. The monoisotopic (exact) mass is 409 g/mol. The molecule has 0 unspecified atom stereocenters. The molecule has 0 saturated heterocycles. The Bertz CT molecular complexity index is 924. The second-order valence-electron chi connectivity index (χ2n) is 7.87. The lowest BCUT2D eigenvalue weighted by molar-refractivity contribution is -0.255. The van der Waals surface area contributed by atoms with E-state index in [-0.39, 0.29) is 17.5 Å². The summed E-state index contributed by atoms with van der Waals surface area (Å²) in [7, 11) is 0. The SMILES string of the molecule is O=C([O-])c1ccc(C=Nc2sc3c(c2C(=O)NC2CCCCC2)CCCC3)cc1. The van der Waals surface area contributed by atoms with Gasteiger partial charge in [-0.25, -0.2) is 4.99 Å². The number of amides is 1. The predicted molar refractivity (Wildman–Crippen MR) is 113 cm³/mol. The highest BCUT2D eigenvalue weighted by Gasteiger charge is 2.27. The van der Waals surface area contributed by atoms with E-state index in [0.717, 1.165) is 54.7 Å². The van der Waals surface area contributed by atoms with Crippen molar-refractivity contribution in [1.82, 2.24) is 5.32 Å². The van der Waals surface area contributed by atoms with E-state index in [1.54, 1.807) is 29.7 Å². The van der Waals surface area contributed by atoms with E-state index in [1.165, 1.54) is 41.8 Å². The number of hydrogen-bond acceptors (Lipinski definition) is 5. The van der Waals surface area contributed by atoms with Gasteiger partial charge in [0.25, 0.3) is 5.91 Å². The Morgan fingerprint density at radius 2 is 1.76 bits per heavy atom. The molecule has 0 radical (unpaired) electrons. The van der Waals surface area contributed by atoms with Crippen molar-refractivity contribution >= 4 is 34.4 Å². The number of nitrogens with one attached hydrogen (secondary N) is 1. The maximum absolute atomic E-state index is 13.1. The number of fused-ring (bicyclic) bond motifs is 1. The fourth-order valence-electron chi connectivity index (χ4n) is 4.22. The minimum absolute atomic E-state index is 0.00995. The number of carboxylic acid groups (broad SMARTS) is 1. The van der Waals surface area contributed by atoms with Gasteiger partial charge >= 0.3 is 0 Å². The van der Waals surface area contributed by atoms with Gasteiger partial charge < -0.3 is 15.2 Å². The van der Waals surface area contributed by atoms with Gasteiger partial charge in [-0.15, -0.1) is 11.3 Å². The van der Waals surface area contributed by atoms with Crippen molar-refractivity contribution in [3.63, 3.8) is 0 Å². The van der Waals surface area contributed by atoms with E-state index in [0.29, 0.717) is 0 Å². The third-order valence-electron chi connectivity index (χ3n) is 5.80. The number of nitrogens with zero attached hydrogens (tertiary/aromatic N) is 1. The number of thiophene rings is 1. The van der Waals surface area contributed by atoms with Crippen LogP contribution in [0.1, 0.15) is 81.7 Å². The molecule has 5 nitrogen and oxygen atoms in total. The van der Waals surface area contributed by atoms with Gasteiger partial charge in [-0.3, -0.25) is 4.79 Å². The van der Waals surface area contributed by atoms with E-state index >= 15 is 0 Å². The van der Waals surface area contributed by atoms with E-state index in [2.05, 4.69) is 10.3 Å². The van der Waals surface area contributed by atoms with Crippen molar-refractivity contribution in [3.8, 4) is 0 Å². The van der Waals surface area contributed by atoms with Gasteiger partial charge in [-0.05, 0) is 55.2 Å². The highest BCUT2D eigenvalue weighted by atomic mass is 32.1. The first-order valence-corrected chi connectivity index (χ1v) is 11.2. The Balaban J connectivity index is 1.59. The Labute approximate surface area is 174 Å². The van der Waals surface area contributed by atoms with Crippen molar-refractivity contribution < 1.29 is 14.7 Å². The molecule has 0 aliphatic heterocycles. The zero-order valence-electron chi connectivity index (χ0n) is 16.4. The van der Waals surface area contributed by atoms with E-state index in [4.69, 9.17) is 0 Å². The van der Waals surface area contributed by atoms with Crippen molar-refractivity contribution in [1.29, 1.82) is 0 Å². The van der Waals surface area contributed by atoms with Crippen LogP contribution in [0, 0.1) is 0 Å². The molecule has 1 N–H and O–H groups in total. The number of rotatable bonds is 5. The maximum Gasteiger partial charge on any atom is 0.254 e. The van der Waals surface area contributed by atoms with Gasteiger partial charge in [0.15, 0.2) is 0 Å². The highest BCUT2D eigenvalue weighted by molar-refractivity contribution is 7.16. The van der Waals surface area contributed by atoms with Crippen molar-refractivity contribution in [2.45, 2.75) is 63.8 Å². The van der Waals surface area contributed by atoms with Gasteiger partial charge in [0.2, 0.25) is 0 Å². The Morgan fingerprint density at radius 1 is 1.03 bits per heavy atom. The van der Waals surface area contributed by atoms with Gasteiger partial charge in [0, 0.05) is 17.1 Å². The summed E-state index contributed by atoms with van der Waals surface area (Å²) in [5, 5.41) is 14.9. The van der Waals surface area contributed by atoms with Crippen LogP contribution >= 0.6 is 11.3 Å². The standard InChI is InChI=1S/C23H26N2O3S/c26-21(25-17-6-2-1-3-7-17)20-18-8-4-5-9-19(18)29-22(20)24-14-15-10-12-16(13-11-15)23(27)28/h10-14,17H,1-9H2,(H,25,26)(H,27,28)/p-1. The molecule has 2 aliphatic rings. The lowest BCUT2D eigenvalue weighted by atomic mass is 9.93. The van der Waals surface area contributed by atoms with Crippen LogP contribution < -0.4 is 10.4 Å². The number of aromatic carboxylic acids is 1. The fraction of sp³-hybridized carbons (Fsp3) is 0.435. The number of carbonyl (C=O) groups excluding carboxylic acids is 2. The molecule has 4 rings (SSSR count). The molecule has 2 aliphatic carbocycles. The van der Waals surface area contributed by atoms with Gasteiger partial charge in [0.1, 0.15) is 5.00 Å². The van der Waals surface area contributed by atoms with Crippen molar-refractivity contribution in [3.05, 3.63) is 51.4 Å². The summed E-state index contributed by atoms with van der Waals surface area (Å²) in [6.45, 7) is 0. The summed E-state index contributed by atoms with van der Waals surface area (Å²) in [5.41, 5.74) is 2.85. The molecule has 2 aromatic rings. The quantitative estimate of drug-likeness (QED) is 0.763. The van der Waals surface area contributed by atoms with E-state index in [1.807, 2.05) is 0 Å². The zero-order valence-corrected chi connectivity index (χ0v) is 17.2. The van der Waals surface area contributed by atoms with Crippen LogP contribution in [-0.2, 0) is 12.8 Å². The molecule has 6 heteroatoms. The lowest BCUT2D eigenvalue weighted by Crippen LogP contribution is -2.36. The number of hydrogen-bond donors (Lipinski definition) is 1. The summed E-state index contributed by atoms with van der Waals surface area (Å²) in [6.07, 6.45) is 11.7. The van der Waals surface area contributed by atoms with Crippen LogP contribution in [0.25, 0.3) is 0 Å². The maximum atomic E-state index is 13.1. The average molecular weight is 410 g/mol. The molecule has 1 saturated carbocycles. The smallest absolute Gasteiger partial charge is 0.254 e. The topological polar surface area (TPSA) is 81.6 Å². The number of carboxylic acids is 1. The van der Waals surface area contributed by atoms with Crippen LogP contribution in [0.15, 0.2) is 29.3 Å². The van der Waals surface area contributed by atoms with Crippen LogP contribution in [0.2, 0.25) is 0 Å². The van der Waals surface area contributed by atoms with Gasteiger partial charge in [-0.1, -0.05) is 43.5 Å². The lowest BCUT2D eigenvalue weighted by Gasteiger charge is -2.23. The third kappa shape index (κ3) is 4.58. The van der Waals surface area contributed by atoms with Crippen molar-refractivity contribution in [2.24, 2.45) is 4.99 Å². The first kappa shape index (κ1) is 19.8. The molecule has 0 atom stereocenters. The van der Waals surface area contributed by atoms with Gasteiger partial charge in [0.05, 0.1) is 11.5 Å². The summed E-state index contributed by atoms with van der Waals surface area (Å²) < 4.78 is 0. The normalized spacial score (nSPS) is 17.2. The molecule has 1 aromatic carbocycles. The molecule has 1 amide bonds. The Morgan fingerprint density at radius 3 is 2.48 bits per heavy atom. The number of carbonyl (C=O) groups is 2. The fourth-order valence-corrected chi connectivity index (χ4v) is 5.45. The Kier molecular flexibility index (Phi) is 6.09. The first-order chi connectivity index (χ1) is 14.1. The van der Waals surface area contributed by atoms with E-state index in [9.17, 15) is 14.7 Å². The molecule has 1 heterocycles. The summed E-state index contributed by atoms with van der Waals surface area (Å²) in [5.74, 6) is -1.18. The molecular formula is C23H25N2O3S-. The van der Waals surface area contributed by atoms with Crippen LogP contribution in [0.4, 0.5) is 5.00 Å². The molecule has 1 aromatic heterocycles. The Hall–Kier alpha value is -2.47. The van der Waals surface area contributed by atoms with Gasteiger partial charge in [-0.2, -0.15) is 0 Å².